The standard InChI is InChI=1S/C28H30N4O4/c1-28(21-8-6-20-17-24(36-2)13-7-19(20)16-21)26(34)32(27(35)30-28)18-25(33)29-22-9-11-23(12-10-22)31-14-4-3-5-15-31/h6-13,16-17H,3-5,14-15,18H2,1-2H3,(H,29,33)(H,30,35)/t28-/m1/s1. The first-order valence-electron chi connectivity index (χ1n) is 12.2. The molecule has 2 fully saturated rings. The second-order valence-electron chi connectivity index (χ2n) is 9.52. The highest BCUT2D eigenvalue weighted by molar-refractivity contribution is 6.10. The second-order valence-corrected chi connectivity index (χ2v) is 9.52. The summed E-state index contributed by atoms with van der Waals surface area (Å²) in [4.78, 5) is 42.1. The summed E-state index contributed by atoms with van der Waals surface area (Å²) in [5, 5.41) is 7.45. The molecule has 5 rings (SSSR count). The van der Waals surface area contributed by atoms with Gasteiger partial charge >= 0.3 is 6.03 Å². The molecule has 0 bridgehead atoms. The van der Waals surface area contributed by atoms with E-state index in [1.54, 1.807) is 14.0 Å². The zero-order valence-corrected chi connectivity index (χ0v) is 20.5. The maximum Gasteiger partial charge on any atom is 0.325 e. The lowest BCUT2D eigenvalue weighted by Crippen LogP contribution is -2.42. The van der Waals surface area contributed by atoms with Gasteiger partial charge in [-0.05, 0) is 85.0 Å². The molecule has 2 aliphatic rings. The fourth-order valence-electron chi connectivity index (χ4n) is 4.95. The number of methoxy groups -OCH3 is 1. The summed E-state index contributed by atoms with van der Waals surface area (Å²) in [6.45, 7) is 3.39. The molecule has 2 N–H and O–H groups in total. The van der Waals surface area contributed by atoms with Gasteiger partial charge in [-0.25, -0.2) is 4.79 Å². The fraction of sp³-hybridized carbons (Fsp3) is 0.321. The minimum atomic E-state index is -1.26. The van der Waals surface area contributed by atoms with Gasteiger partial charge in [0, 0.05) is 24.5 Å². The summed E-state index contributed by atoms with van der Waals surface area (Å²) in [5.74, 6) is -0.153. The van der Waals surface area contributed by atoms with Crippen molar-refractivity contribution >= 4 is 40.0 Å². The van der Waals surface area contributed by atoms with Gasteiger partial charge < -0.3 is 20.3 Å². The van der Waals surface area contributed by atoms with Gasteiger partial charge in [-0.15, -0.1) is 0 Å². The number of piperidine rings is 1. The number of hydrogen-bond acceptors (Lipinski definition) is 5. The maximum absolute atomic E-state index is 13.3. The number of imide groups is 1. The van der Waals surface area contributed by atoms with E-state index in [0.29, 0.717) is 11.3 Å². The number of carbonyl (C=O) groups is 3. The minimum Gasteiger partial charge on any atom is -0.497 e. The van der Waals surface area contributed by atoms with E-state index < -0.39 is 23.4 Å². The molecule has 4 amide bonds. The maximum atomic E-state index is 13.3. The Morgan fingerprint density at radius 1 is 0.972 bits per heavy atom. The Morgan fingerprint density at radius 2 is 1.67 bits per heavy atom. The SMILES string of the molecule is COc1ccc2cc([C@@]3(C)NC(=O)N(CC(=O)Nc4ccc(N5CCCCC5)cc4)C3=O)ccc2c1. The molecule has 3 aromatic rings. The first-order chi connectivity index (χ1) is 17.4. The Morgan fingerprint density at radius 3 is 2.39 bits per heavy atom. The highest BCUT2D eigenvalue weighted by Crippen LogP contribution is 2.32. The van der Waals surface area contributed by atoms with Crippen molar-refractivity contribution in [3.63, 3.8) is 0 Å². The molecule has 186 valence electrons. The molecule has 8 nitrogen and oxygen atoms in total. The second kappa shape index (κ2) is 9.53. The molecule has 2 aliphatic heterocycles. The van der Waals surface area contributed by atoms with E-state index in [-0.39, 0.29) is 6.54 Å². The van der Waals surface area contributed by atoms with Crippen molar-refractivity contribution < 1.29 is 19.1 Å². The van der Waals surface area contributed by atoms with Crippen LogP contribution in [0.15, 0.2) is 60.7 Å². The Hall–Kier alpha value is -4.07. The number of nitrogens with zero attached hydrogens (tertiary/aromatic N) is 2. The van der Waals surface area contributed by atoms with Crippen LogP contribution in [0.4, 0.5) is 16.2 Å². The van der Waals surface area contributed by atoms with Gasteiger partial charge in [0.15, 0.2) is 0 Å². The van der Waals surface area contributed by atoms with Gasteiger partial charge in [0.05, 0.1) is 7.11 Å². The van der Waals surface area contributed by atoms with Crippen LogP contribution in [0, 0.1) is 0 Å². The highest BCUT2D eigenvalue weighted by atomic mass is 16.5. The van der Waals surface area contributed by atoms with Crippen LogP contribution in [0.25, 0.3) is 10.8 Å². The number of carbonyl (C=O) groups excluding carboxylic acids is 3. The van der Waals surface area contributed by atoms with Crippen molar-refractivity contribution in [2.75, 3.05) is 37.0 Å². The average Bonchev–Trinajstić information content (AvgIpc) is 3.12. The van der Waals surface area contributed by atoms with Crippen LogP contribution in [0.5, 0.6) is 5.75 Å². The number of nitrogens with one attached hydrogen (secondary N) is 2. The van der Waals surface area contributed by atoms with Gasteiger partial charge in [0.2, 0.25) is 5.91 Å². The largest absolute Gasteiger partial charge is 0.497 e. The normalized spacial score (nSPS) is 19.9. The Labute approximate surface area is 210 Å². The van der Waals surface area contributed by atoms with Crippen molar-refractivity contribution in [3.8, 4) is 5.75 Å². The molecular weight excluding hydrogens is 456 g/mol. The molecule has 2 heterocycles. The number of amides is 4. The smallest absolute Gasteiger partial charge is 0.325 e. The van der Waals surface area contributed by atoms with Crippen LogP contribution in [0.1, 0.15) is 31.7 Å². The van der Waals surface area contributed by atoms with E-state index in [4.69, 9.17) is 4.74 Å². The van der Waals surface area contributed by atoms with Crippen LogP contribution in [-0.4, -0.2) is 49.5 Å². The van der Waals surface area contributed by atoms with Gasteiger partial charge in [-0.3, -0.25) is 14.5 Å². The quantitative estimate of drug-likeness (QED) is 0.509. The molecule has 2 saturated heterocycles. The molecule has 8 heteroatoms. The van der Waals surface area contributed by atoms with E-state index >= 15 is 0 Å². The molecule has 3 aromatic carbocycles. The fourth-order valence-corrected chi connectivity index (χ4v) is 4.95. The third kappa shape index (κ3) is 4.46. The van der Waals surface area contributed by atoms with Gasteiger partial charge in [0.1, 0.15) is 17.8 Å². The molecular formula is C28H30N4O4. The summed E-state index contributed by atoms with van der Waals surface area (Å²) in [7, 11) is 1.61. The summed E-state index contributed by atoms with van der Waals surface area (Å²) < 4.78 is 5.27. The zero-order valence-electron chi connectivity index (χ0n) is 20.5. The number of anilines is 2. The topological polar surface area (TPSA) is 91.0 Å². The molecule has 0 unspecified atom stereocenters. The number of fused-ring (bicyclic) bond motifs is 1. The molecule has 0 spiro atoms. The Bertz CT molecular complexity index is 1320. The highest BCUT2D eigenvalue weighted by Gasteiger charge is 2.49. The molecule has 0 saturated carbocycles. The van der Waals surface area contributed by atoms with Crippen molar-refractivity contribution in [1.29, 1.82) is 0 Å². The van der Waals surface area contributed by atoms with Crippen LogP contribution in [0.2, 0.25) is 0 Å². The predicted molar refractivity (Wildman–Crippen MR) is 139 cm³/mol. The Balaban J connectivity index is 1.26. The third-order valence-electron chi connectivity index (χ3n) is 7.07. The Kier molecular flexibility index (Phi) is 6.26. The molecule has 1 atom stereocenters. The summed E-state index contributed by atoms with van der Waals surface area (Å²) >= 11 is 0. The zero-order chi connectivity index (χ0) is 25.3. The van der Waals surface area contributed by atoms with Crippen molar-refractivity contribution in [2.45, 2.75) is 31.7 Å². The number of urea groups is 1. The monoisotopic (exact) mass is 486 g/mol. The predicted octanol–water partition coefficient (Wildman–Crippen LogP) is 4.24. The molecule has 0 radical (unpaired) electrons. The van der Waals surface area contributed by atoms with Crippen molar-refractivity contribution in [1.82, 2.24) is 10.2 Å². The van der Waals surface area contributed by atoms with E-state index in [0.717, 1.165) is 40.2 Å². The first-order valence-corrected chi connectivity index (χ1v) is 12.2. The summed E-state index contributed by atoms with van der Waals surface area (Å²) in [6.07, 6.45) is 3.65. The van der Waals surface area contributed by atoms with Gasteiger partial charge in [0.25, 0.3) is 5.91 Å². The van der Waals surface area contributed by atoms with Crippen LogP contribution in [-0.2, 0) is 15.1 Å². The van der Waals surface area contributed by atoms with Crippen molar-refractivity contribution in [3.05, 3.63) is 66.2 Å². The molecule has 0 aliphatic carbocycles. The van der Waals surface area contributed by atoms with Gasteiger partial charge in [-0.2, -0.15) is 0 Å². The first kappa shape index (κ1) is 23.7. The van der Waals surface area contributed by atoms with Crippen molar-refractivity contribution in [2.24, 2.45) is 0 Å². The number of hydrogen-bond donors (Lipinski definition) is 2. The van der Waals surface area contributed by atoms with E-state index in [1.807, 2.05) is 60.7 Å². The van der Waals surface area contributed by atoms with E-state index in [9.17, 15) is 14.4 Å². The summed E-state index contributed by atoms with van der Waals surface area (Å²) in [6, 6.07) is 18.3. The lowest BCUT2D eigenvalue weighted by atomic mass is 9.90. The van der Waals surface area contributed by atoms with E-state index in [2.05, 4.69) is 15.5 Å². The number of rotatable bonds is 6. The number of ether oxygens (including phenoxy) is 1. The molecule has 0 aromatic heterocycles. The lowest BCUT2D eigenvalue weighted by molar-refractivity contribution is -0.133. The third-order valence-corrected chi connectivity index (χ3v) is 7.07. The van der Waals surface area contributed by atoms with E-state index in [1.165, 1.54) is 19.3 Å². The van der Waals surface area contributed by atoms with Gasteiger partial charge in [-0.1, -0.05) is 18.2 Å². The van der Waals surface area contributed by atoms with Crippen LogP contribution >= 0.6 is 0 Å². The molecule has 36 heavy (non-hydrogen) atoms. The van der Waals surface area contributed by atoms with Crippen LogP contribution < -0.4 is 20.3 Å². The summed E-state index contributed by atoms with van der Waals surface area (Å²) in [5.41, 5.74) is 1.14. The lowest BCUT2D eigenvalue weighted by Gasteiger charge is -2.28. The average molecular weight is 487 g/mol. The minimum absolute atomic E-state index is 0.362. The number of benzene rings is 3. The van der Waals surface area contributed by atoms with Crippen LogP contribution in [0.3, 0.4) is 0 Å².